The Morgan fingerprint density at radius 2 is 2.00 bits per heavy atom. The summed E-state index contributed by atoms with van der Waals surface area (Å²) in [4.78, 5) is 11.6. The molecule has 0 aromatic carbocycles. The van der Waals surface area contributed by atoms with Crippen molar-refractivity contribution in [2.24, 2.45) is 0 Å². The van der Waals surface area contributed by atoms with Crippen molar-refractivity contribution in [2.45, 2.75) is 63.3 Å². The zero-order valence-electron chi connectivity index (χ0n) is 11.9. The topological polar surface area (TPSA) is 116 Å². The summed E-state index contributed by atoms with van der Waals surface area (Å²) in [5.74, 6) is -0.763. The van der Waals surface area contributed by atoms with Crippen LogP contribution in [0, 0.1) is 0 Å². The minimum atomic E-state index is -2.34. The van der Waals surface area contributed by atoms with Crippen LogP contribution in [0.5, 0.6) is 0 Å². The van der Waals surface area contributed by atoms with Crippen molar-refractivity contribution >= 4 is 5.78 Å². The van der Waals surface area contributed by atoms with Crippen LogP contribution in [0.3, 0.4) is 0 Å². The lowest BCUT2D eigenvalue weighted by Gasteiger charge is -2.46. The Morgan fingerprint density at radius 3 is 2.50 bits per heavy atom. The van der Waals surface area contributed by atoms with E-state index in [1.807, 2.05) is 6.92 Å². The second kappa shape index (κ2) is 7.44. The van der Waals surface area contributed by atoms with Gasteiger partial charge in [0.1, 0.15) is 18.3 Å². The maximum Gasteiger partial charge on any atom is 0.202 e. The summed E-state index contributed by atoms with van der Waals surface area (Å²) in [6, 6.07) is 0. The summed E-state index contributed by atoms with van der Waals surface area (Å²) in [5.41, 5.74) is -2.34. The van der Waals surface area contributed by atoms with E-state index in [9.17, 15) is 20.1 Å². The lowest BCUT2D eigenvalue weighted by Crippen LogP contribution is -2.70. The zero-order valence-corrected chi connectivity index (χ0v) is 11.9. The average molecular weight is 292 g/mol. The lowest BCUT2D eigenvalue weighted by atomic mass is 9.83. The normalized spacial score (nSPS) is 37.9. The Labute approximate surface area is 118 Å². The highest BCUT2D eigenvalue weighted by molar-refractivity contribution is 5.86. The number of aliphatic hydroxyl groups is 4. The van der Waals surface area contributed by atoms with Gasteiger partial charge in [-0.15, -0.1) is 0 Å². The van der Waals surface area contributed by atoms with Crippen LogP contribution in [0.25, 0.3) is 0 Å². The third-order valence-corrected chi connectivity index (χ3v) is 3.57. The van der Waals surface area contributed by atoms with E-state index in [4.69, 9.17) is 14.6 Å². The first-order valence-electron chi connectivity index (χ1n) is 6.87. The van der Waals surface area contributed by atoms with Crippen molar-refractivity contribution in [3.8, 4) is 0 Å². The summed E-state index contributed by atoms with van der Waals surface area (Å²) in [6.45, 7) is 2.79. The molecule has 4 N–H and O–H groups in total. The molecule has 1 saturated heterocycles. The van der Waals surface area contributed by atoms with Crippen LogP contribution < -0.4 is 0 Å². The van der Waals surface area contributed by atoms with Gasteiger partial charge < -0.3 is 29.9 Å². The molecule has 1 rings (SSSR count). The Morgan fingerprint density at radius 1 is 1.35 bits per heavy atom. The molecule has 0 amide bonds. The summed E-state index contributed by atoms with van der Waals surface area (Å²) in [6.07, 6.45) is -3.25. The predicted molar refractivity (Wildman–Crippen MR) is 68.9 cm³/mol. The number of ketones is 1. The molecule has 0 radical (unpaired) electrons. The Balaban J connectivity index is 2.82. The van der Waals surface area contributed by atoms with Gasteiger partial charge >= 0.3 is 0 Å². The van der Waals surface area contributed by atoms with Crippen LogP contribution in [0.15, 0.2) is 0 Å². The molecule has 118 valence electrons. The van der Waals surface area contributed by atoms with Gasteiger partial charge in [-0.3, -0.25) is 4.79 Å². The fraction of sp³-hybridized carbons (Fsp3) is 0.923. The molecular formula is C13H24O7. The first-order chi connectivity index (χ1) is 9.39. The van der Waals surface area contributed by atoms with E-state index in [0.29, 0.717) is 6.42 Å². The molecule has 0 spiro atoms. The highest BCUT2D eigenvalue weighted by atomic mass is 16.7. The van der Waals surface area contributed by atoms with E-state index in [1.165, 1.54) is 0 Å². The highest BCUT2D eigenvalue weighted by Crippen LogP contribution is 2.31. The number of rotatable bonds is 7. The van der Waals surface area contributed by atoms with Gasteiger partial charge in [0.2, 0.25) is 5.60 Å². The number of aliphatic hydroxyl groups excluding tert-OH is 3. The van der Waals surface area contributed by atoms with Gasteiger partial charge in [-0.2, -0.15) is 0 Å². The SMILES string of the molecule is CCCCCO[C@H]1O[C@H](CO)[C@@H](O)[C@H](O)[C@]1(O)C(C)=O. The molecule has 0 aliphatic carbocycles. The van der Waals surface area contributed by atoms with E-state index < -0.39 is 42.6 Å². The quantitative estimate of drug-likeness (QED) is 0.442. The third-order valence-electron chi connectivity index (χ3n) is 3.57. The first kappa shape index (κ1) is 17.5. The van der Waals surface area contributed by atoms with Gasteiger partial charge in [-0.25, -0.2) is 0 Å². The molecular weight excluding hydrogens is 268 g/mol. The van der Waals surface area contributed by atoms with Gasteiger partial charge in [0.25, 0.3) is 0 Å². The summed E-state index contributed by atoms with van der Waals surface area (Å²) < 4.78 is 10.6. The smallest absolute Gasteiger partial charge is 0.202 e. The minimum absolute atomic E-state index is 0.245. The Kier molecular flexibility index (Phi) is 6.50. The van der Waals surface area contributed by atoms with E-state index in [2.05, 4.69) is 0 Å². The standard InChI is InChI=1S/C13H24O7/c1-3-4-5-6-19-12-13(18,8(2)15)11(17)10(16)9(7-14)20-12/h9-12,14,16-18H,3-7H2,1-2H3/t9-,10-,11+,12+,13-/m1/s1. The Bertz CT molecular complexity index is 322. The van der Waals surface area contributed by atoms with Crippen molar-refractivity contribution in [2.75, 3.05) is 13.2 Å². The molecule has 0 aromatic rings. The van der Waals surface area contributed by atoms with Crippen LogP contribution >= 0.6 is 0 Å². The highest BCUT2D eigenvalue weighted by Gasteiger charge is 2.58. The molecule has 1 aliphatic heterocycles. The maximum absolute atomic E-state index is 11.6. The third kappa shape index (κ3) is 3.36. The number of unbranched alkanes of at least 4 members (excludes halogenated alkanes) is 2. The number of hydrogen-bond acceptors (Lipinski definition) is 7. The molecule has 0 unspecified atom stereocenters. The number of carbonyl (C=O) groups is 1. The number of Topliss-reactive ketones (excluding diaryl/α,β-unsaturated/α-hetero) is 1. The van der Waals surface area contributed by atoms with Crippen LogP contribution in [0.1, 0.15) is 33.1 Å². The van der Waals surface area contributed by atoms with Crippen LogP contribution in [0.2, 0.25) is 0 Å². The van der Waals surface area contributed by atoms with E-state index in [-0.39, 0.29) is 6.61 Å². The zero-order chi connectivity index (χ0) is 15.3. The predicted octanol–water partition coefficient (Wildman–Crippen LogP) is -1.05. The Hall–Kier alpha value is -0.570. The van der Waals surface area contributed by atoms with Crippen molar-refractivity contribution in [1.82, 2.24) is 0 Å². The van der Waals surface area contributed by atoms with Crippen molar-refractivity contribution < 1.29 is 34.7 Å². The van der Waals surface area contributed by atoms with Crippen molar-refractivity contribution in [1.29, 1.82) is 0 Å². The van der Waals surface area contributed by atoms with Crippen LogP contribution in [-0.2, 0) is 14.3 Å². The monoisotopic (exact) mass is 292 g/mol. The molecule has 5 atom stereocenters. The van der Waals surface area contributed by atoms with Gasteiger partial charge in [-0.05, 0) is 13.3 Å². The van der Waals surface area contributed by atoms with E-state index >= 15 is 0 Å². The second-order valence-electron chi connectivity index (χ2n) is 5.08. The van der Waals surface area contributed by atoms with Gasteiger partial charge in [0, 0.05) is 6.61 Å². The van der Waals surface area contributed by atoms with Crippen LogP contribution in [0.4, 0.5) is 0 Å². The van der Waals surface area contributed by atoms with Gasteiger partial charge in [0.15, 0.2) is 12.1 Å². The number of ether oxygens (including phenoxy) is 2. The molecule has 20 heavy (non-hydrogen) atoms. The minimum Gasteiger partial charge on any atom is -0.394 e. The molecule has 0 bridgehead atoms. The number of hydrogen-bond donors (Lipinski definition) is 4. The molecule has 7 nitrogen and oxygen atoms in total. The van der Waals surface area contributed by atoms with Crippen LogP contribution in [-0.4, -0.2) is 69.6 Å². The number of carbonyl (C=O) groups excluding carboxylic acids is 1. The largest absolute Gasteiger partial charge is 0.394 e. The van der Waals surface area contributed by atoms with E-state index in [0.717, 1.165) is 19.8 Å². The molecule has 0 aromatic heterocycles. The first-order valence-corrected chi connectivity index (χ1v) is 6.87. The summed E-state index contributed by atoms with van der Waals surface area (Å²) >= 11 is 0. The fourth-order valence-corrected chi connectivity index (χ4v) is 2.18. The molecule has 1 aliphatic rings. The van der Waals surface area contributed by atoms with Gasteiger partial charge in [0.05, 0.1) is 6.61 Å². The van der Waals surface area contributed by atoms with Crippen molar-refractivity contribution in [3.63, 3.8) is 0 Å². The molecule has 7 heteroatoms. The fourth-order valence-electron chi connectivity index (χ4n) is 2.18. The van der Waals surface area contributed by atoms with E-state index in [1.54, 1.807) is 0 Å². The second-order valence-corrected chi connectivity index (χ2v) is 5.08. The van der Waals surface area contributed by atoms with Gasteiger partial charge in [-0.1, -0.05) is 19.8 Å². The maximum atomic E-state index is 11.6. The molecule has 0 saturated carbocycles. The molecule has 1 heterocycles. The molecule has 1 fully saturated rings. The summed E-state index contributed by atoms with van der Waals surface area (Å²) in [5, 5.41) is 39.1. The average Bonchev–Trinajstić information content (AvgIpc) is 2.43. The van der Waals surface area contributed by atoms with Crippen molar-refractivity contribution in [3.05, 3.63) is 0 Å². The summed E-state index contributed by atoms with van der Waals surface area (Å²) in [7, 11) is 0. The lowest BCUT2D eigenvalue weighted by molar-refractivity contribution is -0.329.